The Labute approximate surface area is 147 Å². The number of hydrogen-bond donors (Lipinski definition) is 2. The van der Waals surface area contributed by atoms with Crippen molar-refractivity contribution in [3.8, 4) is 0 Å². The van der Waals surface area contributed by atoms with Crippen LogP contribution < -0.4 is 0 Å². The van der Waals surface area contributed by atoms with E-state index >= 15 is 0 Å². The first-order valence-electron chi connectivity index (χ1n) is 8.50. The Morgan fingerprint density at radius 1 is 1.28 bits per heavy atom. The predicted octanol–water partition coefficient (Wildman–Crippen LogP) is 3.81. The van der Waals surface area contributed by atoms with Crippen molar-refractivity contribution in [2.45, 2.75) is 52.2 Å². The van der Waals surface area contributed by atoms with Crippen molar-refractivity contribution in [3.05, 3.63) is 36.0 Å². The number of benzene rings is 1. The first-order valence-corrected chi connectivity index (χ1v) is 8.50. The number of aromatic amines is 1. The number of rotatable bonds is 6. The number of amides is 1. The lowest BCUT2D eigenvalue weighted by Crippen LogP contribution is -2.48. The van der Waals surface area contributed by atoms with Crippen LogP contribution in [0.3, 0.4) is 0 Å². The Morgan fingerprint density at radius 2 is 1.96 bits per heavy atom. The van der Waals surface area contributed by atoms with E-state index in [0.29, 0.717) is 13.0 Å². The molecule has 136 valence electrons. The van der Waals surface area contributed by atoms with E-state index in [0.717, 1.165) is 16.5 Å². The van der Waals surface area contributed by atoms with Gasteiger partial charge in [-0.1, -0.05) is 25.1 Å². The number of carboxylic acid groups (broad SMARTS) is 1. The summed E-state index contributed by atoms with van der Waals surface area (Å²) in [4.78, 5) is 28.9. The lowest BCUT2D eigenvalue weighted by atomic mass is 10.0. The second-order valence-corrected chi connectivity index (χ2v) is 7.09. The molecule has 0 saturated carbocycles. The van der Waals surface area contributed by atoms with Crippen molar-refractivity contribution < 1.29 is 19.4 Å². The Balaban J connectivity index is 2.30. The predicted molar refractivity (Wildman–Crippen MR) is 96.7 cm³/mol. The maximum absolute atomic E-state index is 12.5. The van der Waals surface area contributed by atoms with Gasteiger partial charge in [-0.2, -0.15) is 0 Å². The van der Waals surface area contributed by atoms with Crippen molar-refractivity contribution in [1.29, 1.82) is 0 Å². The molecule has 0 saturated heterocycles. The molecule has 0 unspecified atom stereocenters. The summed E-state index contributed by atoms with van der Waals surface area (Å²) in [5.74, 6) is -1.04. The minimum Gasteiger partial charge on any atom is -0.480 e. The molecule has 1 aromatic carbocycles. The van der Waals surface area contributed by atoms with Crippen molar-refractivity contribution in [1.82, 2.24) is 9.88 Å². The fourth-order valence-electron chi connectivity index (χ4n) is 2.78. The van der Waals surface area contributed by atoms with Crippen LogP contribution in [0.4, 0.5) is 4.79 Å². The molecule has 0 spiro atoms. The van der Waals surface area contributed by atoms with Gasteiger partial charge in [0.05, 0.1) is 0 Å². The van der Waals surface area contributed by atoms with Gasteiger partial charge < -0.3 is 14.8 Å². The lowest BCUT2D eigenvalue weighted by molar-refractivity contribution is -0.143. The molecule has 1 atom stereocenters. The van der Waals surface area contributed by atoms with Crippen LogP contribution >= 0.6 is 0 Å². The van der Waals surface area contributed by atoms with Crippen LogP contribution in [0.5, 0.6) is 0 Å². The zero-order chi connectivity index (χ0) is 18.6. The minimum atomic E-state index is -1.04. The largest absolute Gasteiger partial charge is 0.480 e. The van der Waals surface area contributed by atoms with Crippen LogP contribution in [0.15, 0.2) is 30.5 Å². The van der Waals surface area contributed by atoms with Crippen LogP contribution in [0.1, 0.15) is 39.7 Å². The SMILES string of the molecule is CCCN(C(=O)OC(C)(C)C)[C@@H](Cc1c[nH]c2ccccc12)C(=O)O. The molecule has 1 aromatic heterocycles. The quantitative estimate of drug-likeness (QED) is 0.833. The lowest BCUT2D eigenvalue weighted by Gasteiger charge is -2.31. The van der Waals surface area contributed by atoms with Gasteiger partial charge in [0.15, 0.2) is 0 Å². The topological polar surface area (TPSA) is 82.6 Å². The normalized spacial score (nSPS) is 12.8. The third kappa shape index (κ3) is 4.75. The molecule has 0 radical (unpaired) electrons. The number of para-hydroxylation sites is 1. The van der Waals surface area contributed by atoms with Gasteiger partial charge in [-0.15, -0.1) is 0 Å². The number of carboxylic acids is 1. The van der Waals surface area contributed by atoms with Crippen LogP contribution in [0.25, 0.3) is 10.9 Å². The van der Waals surface area contributed by atoms with Gasteiger partial charge in [-0.25, -0.2) is 9.59 Å². The van der Waals surface area contributed by atoms with E-state index in [1.165, 1.54) is 4.90 Å². The monoisotopic (exact) mass is 346 g/mol. The first-order chi connectivity index (χ1) is 11.7. The molecule has 0 aliphatic carbocycles. The Bertz CT molecular complexity index is 745. The van der Waals surface area contributed by atoms with Gasteiger partial charge in [-0.3, -0.25) is 4.90 Å². The number of nitrogens with one attached hydrogen (secondary N) is 1. The van der Waals surface area contributed by atoms with Crippen molar-refractivity contribution in [2.75, 3.05) is 6.54 Å². The van der Waals surface area contributed by atoms with E-state index in [4.69, 9.17) is 4.74 Å². The molecular weight excluding hydrogens is 320 g/mol. The summed E-state index contributed by atoms with van der Waals surface area (Å²) >= 11 is 0. The van der Waals surface area contributed by atoms with Crippen LogP contribution in [0.2, 0.25) is 0 Å². The standard InChI is InChI=1S/C19H26N2O4/c1-5-10-21(18(24)25-19(2,3)4)16(17(22)23)11-13-12-20-15-9-7-6-8-14(13)15/h6-9,12,16,20H,5,10-11H2,1-4H3,(H,22,23)/t16-/m0/s1. The number of ether oxygens (including phenoxy) is 1. The van der Waals surface area contributed by atoms with E-state index in [1.807, 2.05) is 31.2 Å². The van der Waals surface area contributed by atoms with Crippen molar-refractivity contribution in [2.24, 2.45) is 0 Å². The van der Waals surface area contributed by atoms with Gasteiger partial charge >= 0.3 is 12.1 Å². The number of aromatic nitrogens is 1. The summed E-state index contributed by atoms with van der Waals surface area (Å²) in [6.45, 7) is 7.54. The third-order valence-corrected chi connectivity index (χ3v) is 3.84. The summed E-state index contributed by atoms with van der Waals surface area (Å²) in [7, 11) is 0. The number of hydrogen-bond acceptors (Lipinski definition) is 3. The summed E-state index contributed by atoms with van der Waals surface area (Å²) < 4.78 is 5.41. The molecule has 0 bridgehead atoms. The third-order valence-electron chi connectivity index (χ3n) is 3.84. The molecule has 2 N–H and O–H groups in total. The smallest absolute Gasteiger partial charge is 0.411 e. The van der Waals surface area contributed by atoms with Crippen molar-refractivity contribution in [3.63, 3.8) is 0 Å². The van der Waals surface area contributed by atoms with E-state index < -0.39 is 23.7 Å². The van der Waals surface area contributed by atoms with E-state index in [2.05, 4.69) is 4.98 Å². The molecule has 0 aliphatic rings. The van der Waals surface area contributed by atoms with Gasteiger partial charge in [0.2, 0.25) is 0 Å². The highest BCUT2D eigenvalue weighted by atomic mass is 16.6. The summed E-state index contributed by atoms with van der Waals surface area (Å²) in [5.41, 5.74) is 1.14. The molecule has 0 fully saturated rings. The van der Waals surface area contributed by atoms with Gasteiger partial charge in [0.25, 0.3) is 0 Å². The number of H-pyrrole nitrogens is 1. The Kier molecular flexibility index (Phi) is 5.72. The molecule has 6 heteroatoms. The second-order valence-electron chi connectivity index (χ2n) is 7.09. The Hall–Kier alpha value is -2.50. The molecule has 2 rings (SSSR count). The van der Waals surface area contributed by atoms with Gasteiger partial charge in [-0.05, 0) is 38.8 Å². The Morgan fingerprint density at radius 3 is 2.56 bits per heavy atom. The number of carbonyl (C=O) groups is 2. The first kappa shape index (κ1) is 18.8. The number of fused-ring (bicyclic) bond motifs is 1. The molecule has 6 nitrogen and oxygen atoms in total. The number of carbonyl (C=O) groups excluding carboxylic acids is 1. The maximum atomic E-state index is 12.5. The number of nitrogens with zero attached hydrogens (tertiary/aromatic N) is 1. The second kappa shape index (κ2) is 7.59. The van der Waals surface area contributed by atoms with Gasteiger partial charge in [0, 0.05) is 30.1 Å². The highest BCUT2D eigenvalue weighted by molar-refractivity contribution is 5.85. The van der Waals surface area contributed by atoms with E-state index in [1.54, 1.807) is 27.0 Å². The highest BCUT2D eigenvalue weighted by Crippen LogP contribution is 2.22. The average molecular weight is 346 g/mol. The average Bonchev–Trinajstić information content (AvgIpc) is 2.92. The highest BCUT2D eigenvalue weighted by Gasteiger charge is 2.33. The van der Waals surface area contributed by atoms with Gasteiger partial charge in [0.1, 0.15) is 11.6 Å². The van der Waals surface area contributed by atoms with E-state index in [9.17, 15) is 14.7 Å². The van der Waals surface area contributed by atoms with E-state index in [-0.39, 0.29) is 6.42 Å². The molecule has 0 aliphatic heterocycles. The van der Waals surface area contributed by atoms with Crippen molar-refractivity contribution >= 4 is 23.0 Å². The summed E-state index contributed by atoms with van der Waals surface area (Å²) in [6, 6.07) is 6.73. The molecular formula is C19H26N2O4. The minimum absolute atomic E-state index is 0.221. The molecule has 1 amide bonds. The van der Waals surface area contributed by atoms with Crippen LogP contribution in [0, 0.1) is 0 Å². The maximum Gasteiger partial charge on any atom is 0.411 e. The zero-order valence-corrected chi connectivity index (χ0v) is 15.2. The molecule has 25 heavy (non-hydrogen) atoms. The summed E-state index contributed by atoms with van der Waals surface area (Å²) in [5, 5.41) is 10.7. The molecule has 1 heterocycles. The van der Waals surface area contributed by atoms with Crippen LogP contribution in [-0.2, 0) is 16.0 Å². The zero-order valence-electron chi connectivity index (χ0n) is 15.2. The van der Waals surface area contributed by atoms with Crippen LogP contribution in [-0.4, -0.2) is 45.2 Å². The fraction of sp³-hybridized carbons (Fsp3) is 0.474. The summed E-state index contributed by atoms with van der Waals surface area (Å²) in [6.07, 6.45) is 2.08. The molecule has 2 aromatic rings. The number of aliphatic carboxylic acids is 1. The fourth-order valence-corrected chi connectivity index (χ4v) is 2.78.